The third kappa shape index (κ3) is 3.87. The zero-order valence-corrected chi connectivity index (χ0v) is 16.0. The molecule has 3 aromatic carbocycles. The number of likely N-dealkylation sites (tertiary alicyclic amines) is 1. The highest BCUT2D eigenvalue weighted by Crippen LogP contribution is 2.40. The van der Waals surface area contributed by atoms with Crippen molar-refractivity contribution in [3.05, 3.63) is 107 Å². The van der Waals surface area contributed by atoms with E-state index in [0.717, 1.165) is 49.2 Å². The van der Waals surface area contributed by atoms with E-state index in [2.05, 4.69) is 0 Å². The van der Waals surface area contributed by atoms with Gasteiger partial charge in [0, 0.05) is 24.3 Å². The first-order valence-corrected chi connectivity index (χ1v) is 10.1. The summed E-state index contributed by atoms with van der Waals surface area (Å²) in [7, 11) is 0. The standard InChI is InChI=1S/C25H26FNO/c26-24-13-11-20(12-14-24)19-27-17-15-23(16-18-27)25(28,21-7-3-1-4-8-21)22-9-5-2-6-10-22/h1-14,23,28H,15-19H2/p+1. The number of aliphatic hydroxyl groups is 1. The zero-order valence-electron chi connectivity index (χ0n) is 16.0. The van der Waals surface area contributed by atoms with Crippen LogP contribution in [0.4, 0.5) is 4.39 Å². The van der Waals surface area contributed by atoms with Crippen LogP contribution < -0.4 is 4.90 Å². The normalized spacial score (nSPS) is 20.1. The maximum atomic E-state index is 13.1. The number of rotatable bonds is 5. The second-order valence-electron chi connectivity index (χ2n) is 7.83. The average molecular weight is 376 g/mol. The third-order valence-electron chi connectivity index (χ3n) is 6.08. The lowest BCUT2D eigenvalue weighted by atomic mass is 9.72. The molecule has 2 nitrogen and oxygen atoms in total. The number of hydrogen-bond acceptors (Lipinski definition) is 1. The van der Waals surface area contributed by atoms with Crippen molar-refractivity contribution in [2.45, 2.75) is 25.0 Å². The first kappa shape index (κ1) is 18.9. The first-order valence-electron chi connectivity index (χ1n) is 10.1. The number of piperidine rings is 1. The Kier molecular flexibility index (Phi) is 5.56. The molecule has 28 heavy (non-hydrogen) atoms. The van der Waals surface area contributed by atoms with Crippen LogP contribution in [0.1, 0.15) is 29.5 Å². The van der Waals surface area contributed by atoms with Crippen LogP contribution in [0.2, 0.25) is 0 Å². The molecule has 1 aliphatic heterocycles. The molecule has 144 valence electrons. The van der Waals surface area contributed by atoms with Crippen LogP contribution in [0.3, 0.4) is 0 Å². The van der Waals surface area contributed by atoms with Crippen molar-refractivity contribution >= 4 is 0 Å². The van der Waals surface area contributed by atoms with Crippen molar-refractivity contribution in [3.8, 4) is 0 Å². The maximum Gasteiger partial charge on any atom is 0.123 e. The van der Waals surface area contributed by atoms with E-state index in [9.17, 15) is 9.50 Å². The Morgan fingerprint density at radius 2 is 1.29 bits per heavy atom. The topological polar surface area (TPSA) is 24.7 Å². The molecule has 1 fully saturated rings. The van der Waals surface area contributed by atoms with Gasteiger partial charge in [0.25, 0.3) is 0 Å². The Balaban J connectivity index is 1.52. The molecule has 0 unspecified atom stereocenters. The lowest BCUT2D eigenvalue weighted by Crippen LogP contribution is -3.11. The Labute approximate surface area is 166 Å². The van der Waals surface area contributed by atoms with Gasteiger partial charge in [-0.3, -0.25) is 0 Å². The Morgan fingerprint density at radius 3 is 1.79 bits per heavy atom. The van der Waals surface area contributed by atoms with E-state index in [4.69, 9.17) is 0 Å². The second-order valence-corrected chi connectivity index (χ2v) is 7.83. The van der Waals surface area contributed by atoms with E-state index >= 15 is 0 Å². The lowest BCUT2D eigenvalue weighted by Gasteiger charge is -2.41. The van der Waals surface area contributed by atoms with Crippen LogP contribution in [0.15, 0.2) is 84.9 Å². The van der Waals surface area contributed by atoms with Crippen molar-refractivity contribution in [1.82, 2.24) is 0 Å². The molecular formula is C25H27FNO+. The molecule has 0 spiro atoms. The summed E-state index contributed by atoms with van der Waals surface area (Å²) >= 11 is 0. The molecule has 0 bridgehead atoms. The lowest BCUT2D eigenvalue weighted by molar-refractivity contribution is -0.920. The molecule has 2 N–H and O–H groups in total. The van der Waals surface area contributed by atoms with Crippen molar-refractivity contribution < 1.29 is 14.4 Å². The van der Waals surface area contributed by atoms with Crippen molar-refractivity contribution in [2.24, 2.45) is 5.92 Å². The Bertz CT molecular complexity index is 832. The van der Waals surface area contributed by atoms with Gasteiger partial charge in [0.1, 0.15) is 18.0 Å². The molecule has 0 saturated carbocycles. The molecule has 0 radical (unpaired) electrons. The summed E-state index contributed by atoms with van der Waals surface area (Å²) < 4.78 is 13.1. The van der Waals surface area contributed by atoms with Crippen LogP contribution in [0.5, 0.6) is 0 Å². The van der Waals surface area contributed by atoms with E-state index in [-0.39, 0.29) is 11.7 Å². The van der Waals surface area contributed by atoms with E-state index in [0.29, 0.717) is 0 Å². The van der Waals surface area contributed by atoms with Crippen molar-refractivity contribution in [3.63, 3.8) is 0 Å². The predicted molar refractivity (Wildman–Crippen MR) is 109 cm³/mol. The Hall–Kier alpha value is -2.49. The van der Waals surface area contributed by atoms with Gasteiger partial charge in [-0.15, -0.1) is 0 Å². The van der Waals surface area contributed by atoms with Crippen LogP contribution in [0.25, 0.3) is 0 Å². The summed E-state index contributed by atoms with van der Waals surface area (Å²) in [6.07, 6.45) is 1.91. The maximum absolute atomic E-state index is 13.1. The van der Waals surface area contributed by atoms with Crippen molar-refractivity contribution in [1.29, 1.82) is 0 Å². The van der Waals surface area contributed by atoms with E-state index in [1.807, 2.05) is 72.8 Å². The number of benzene rings is 3. The SMILES string of the molecule is OC(c1ccccc1)(c1ccccc1)C1CC[NH+](Cc2ccc(F)cc2)CC1. The summed E-state index contributed by atoms with van der Waals surface area (Å²) in [5.74, 6) is -0.0116. The van der Waals surface area contributed by atoms with Gasteiger partial charge in [0.2, 0.25) is 0 Å². The molecule has 1 heterocycles. The smallest absolute Gasteiger partial charge is 0.123 e. The number of quaternary nitrogens is 1. The molecule has 0 aromatic heterocycles. The van der Waals surface area contributed by atoms with Gasteiger partial charge in [0.15, 0.2) is 0 Å². The molecule has 4 rings (SSSR count). The van der Waals surface area contributed by atoms with Gasteiger partial charge >= 0.3 is 0 Å². The molecular weight excluding hydrogens is 349 g/mol. The van der Waals surface area contributed by atoms with Crippen molar-refractivity contribution in [2.75, 3.05) is 13.1 Å². The first-order chi connectivity index (χ1) is 13.7. The van der Waals surface area contributed by atoms with Crippen LogP contribution in [0, 0.1) is 11.7 Å². The number of hydrogen-bond donors (Lipinski definition) is 2. The monoisotopic (exact) mass is 376 g/mol. The fourth-order valence-electron chi connectivity index (χ4n) is 4.53. The summed E-state index contributed by atoms with van der Waals surface area (Å²) in [5.41, 5.74) is 2.13. The van der Waals surface area contributed by atoms with Gasteiger partial charge in [0.05, 0.1) is 13.1 Å². The van der Waals surface area contributed by atoms with E-state index < -0.39 is 5.60 Å². The molecule has 0 aliphatic carbocycles. The van der Waals surface area contributed by atoms with Gasteiger partial charge in [-0.25, -0.2) is 4.39 Å². The molecule has 3 heteroatoms. The summed E-state index contributed by atoms with van der Waals surface area (Å²) in [6, 6.07) is 26.9. The highest BCUT2D eigenvalue weighted by molar-refractivity contribution is 5.37. The fourth-order valence-corrected chi connectivity index (χ4v) is 4.53. The fraction of sp³-hybridized carbons (Fsp3) is 0.280. The Morgan fingerprint density at radius 1 is 0.786 bits per heavy atom. The molecule has 1 aliphatic rings. The molecule has 1 saturated heterocycles. The highest BCUT2D eigenvalue weighted by atomic mass is 19.1. The molecule has 0 amide bonds. The van der Waals surface area contributed by atoms with Crippen LogP contribution >= 0.6 is 0 Å². The van der Waals surface area contributed by atoms with Gasteiger partial charge in [-0.2, -0.15) is 0 Å². The largest absolute Gasteiger partial charge is 0.380 e. The number of halogens is 1. The van der Waals surface area contributed by atoms with Gasteiger partial charge in [-0.05, 0) is 23.3 Å². The molecule has 0 atom stereocenters. The minimum Gasteiger partial charge on any atom is -0.380 e. The predicted octanol–water partition coefficient (Wildman–Crippen LogP) is 3.56. The van der Waals surface area contributed by atoms with Gasteiger partial charge < -0.3 is 10.0 Å². The van der Waals surface area contributed by atoms with Gasteiger partial charge in [-0.1, -0.05) is 72.8 Å². The van der Waals surface area contributed by atoms with E-state index in [1.165, 1.54) is 17.0 Å². The van der Waals surface area contributed by atoms with Crippen LogP contribution in [-0.2, 0) is 12.1 Å². The summed E-state index contributed by atoms with van der Waals surface area (Å²) in [5, 5.41) is 11.9. The summed E-state index contributed by atoms with van der Waals surface area (Å²) in [6.45, 7) is 2.91. The number of nitrogens with one attached hydrogen (secondary N) is 1. The van der Waals surface area contributed by atoms with E-state index in [1.54, 1.807) is 0 Å². The molecule has 3 aromatic rings. The highest BCUT2D eigenvalue weighted by Gasteiger charge is 2.42. The second kappa shape index (κ2) is 8.26. The minimum atomic E-state index is -0.968. The average Bonchev–Trinajstić information content (AvgIpc) is 2.76. The van der Waals surface area contributed by atoms with Crippen LogP contribution in [-0.4, -0.2) is 18.2 Å². The zero-order chi connectivity index (χ0) is 19.4. The minimum absolute atomic E-state index is 0.175. The third-order valence-corrected chi connectivity index (χ3v) is 6.08. The quantitative estimate of drug-likeness (QED) is 0.699. The summed E-state index contributed by atoms with van der Waals surface area (Å²) in [4.78, 5) is 1.49.